The van der Waals surface area contributed by atoms with Crippen molar-refractivity contribution >= 4 is 34.8 Å². The molecule has 168 valence electrons. The molecule has 32 heavy (non-hydrogen) atoms. The van der Waals surface area contributed by atoms with E-state index in [1.165, 1.54) is 30.2 Å². The van der Waals surface area contributed by atoms with Crippen LogP contribution in [0.4, 0.5) is 17.1 Å². The molecule has 0 radical (unpaired) electrons. The Hall–Kier alpha value is -3.95. The summed E-state index contributed by atoms with van der Waals surface area (Å²) in [6.07, 6.45) is 0.641. The van der Waals surface area contributed by atoms with Gasteiger partial charge in [-0.15, -0.1) is 0 Å². The lowest BCUT2D eigenvalue weighted by Gasteiger charge is -2.19. The molecule has 1 aliphatic heterocycles. The van der Waals surface area contributed by atoms with Gasteiger partial charge in [-0.05, 0) is 24.1 Å². The number of nitro benzene ring substituents is 1. The number of aryl methyl sites for hydroxylation is 1. The minimum atomic E-state index is -0.766. The van der Waals surface area contributed by atoms with E-state index in [1.807, 2.05) is 19.1 Å². The summed E-state index contributed by atoms with van der Waals surface area (Å²) in [6.45, 7) is 1.52. The minimum Gasteiger partial charge on any atom is -0.494 e. The smallest absolute Gasteiger partial charge is 0.311 e. The van der Waals surface area contributed by atoms with E-state index in [4.69, 9.17) is 9.47 Å². The number of nitrogens with zero attached hydrogens (tertiary/aromatic N) is 2. The summed E-state index contributed by atoms with van der Waals surface area (Å²) in [5.74, 6) is -2.10. The lowest BCUT2D eigenvalue weighted by Crippen LogP contribution is -2.28. The number of benzene rings is 2. The number of rotatable bonds is 8. The largest absolute Gasteiger partial charge is 0.494 e. The van der Waals surface area contributed by atoms with Gasteiger partial charge in [0.1, 0.15) is 5.75 Å². The molecular formula is C22H23N3O7. The Bertz CT molecular complexity index is 1050. The van der Waals surface area contributed by atoms with Crippen LogP contribution < -0.4 is 15.0 Å². The van der Waals surface area contributed by atoms with Gasteiger partial charge in [-0.2, -0.15) is 0 Å². The molecule has 2 amide bonds. The molecule has 3 rings (SSSR count). The second-order valence-corrected chi connectivity index (χ2v) is 7.19. The Morgan fingerprint density at radius 3 is 2.69 bits per heavy atom. The predicted molar refractivity (Wildman–Crippen MR) is 116 cm³/mol. The van der Waals surface area contributed by atoms with Crippen molar-refractivity contribution in [2.45, 2.75) is 19.8 Å². The van der Waals surface area contributed by atoms with Gasteiger partial charge >= 0.3 is 5.97 Å². The number of carbonyl (C=O) groups excluding carboxylic acids is 3. The quantitative estimate of drug-likeness (QED) is 0.379. The van der Waals surface area contributed by atoms with E-state index in [9.17, 15) is 24.5 Å². The fourth-order valence-electron chi connectivity index (χ4n) is 3.49. The average molecular weight is 441 g/mol. The number of non-ortho nitro benzene ring substituents is 1. The summed E-state index contributed by atoms with van der Waals surface area (Å²) in [5.41, 5.74) is 1.76. The summed E-state index contributed by atoms with van der Waals surface area (Å²) in [7, 11) is 1.34. The number of hydrogen-bond donors (Lipinski definition) is 1. The van der Waals surface area contributed by atoms with Crippen LogP contribution in [0.15, 0.2) is 42.5 Å². The highest BCUT2D eigenvalue weighted by atomic mass is 16.6. The molecule has 0 bridgehead atoms. The maximum atomic E-state index is 12.5. The molecule has 1 aliphatic rings. The first-order valence-corrected chi connectivity index (χ1v) is 10.0. The molecule has 10 heteroatoms. The van der Waals surface area contributed by atoms with Crippen LogP contribution in [0, 0.1) is 16.0 Å². The van der Waals surface area contributed by atoms with Crippen LogP contribution in [0.5, 0.6) is 5.75 Å². The number of hydrogen-bond acceptors (Lipinski definition) is 7. The maximum absolute atomic E-state index is 12.5. The molecule has 0 aliphatic carbocycles. The van der Waals surface area contributed by atoms with Gasteiger partial charge < -0.3 is 19.7 Å². The lowest BCUT2D eigenvalue weighted by molar-refractivity contribution is -0.384. The first-order chi connectivity index (χ1) is 15.3. The van der Waals surface area contributed by atoms with E-state index < -0.39 is 29.3 Å². The van der Waals surface area contributed by atoms with Crippen molar-refractivity contribution in [2.24, 2.45) is 5.92 Å². The standard InChI is InChI=1S/C22H23N3O7/c1-3-14-6-4-5-7-17(14)23-20(26)13-32-22(28)15-10-21(27)24(12-15)18-9-8-16(25(29)30)11-19(18)31-2/h4-9,11,15H,3,10,12-13H2,1-2H3,(H,23,26)/t15-/m0/s1. The zero-order chi connectivity index (χ0) is 23.3. The molecule has 0 spiro atoms. The van der Waals surface area contributed by atoms with Crippen LogP contribution in [0.2, 0.25) is 0 Å². The highest BCUT2D eigenvalue weighted by Gasteiger charge is 2.37. The van der Waals surface area contributed by atoms with Crippen molar-refractivity contribution in [1.29, 1.82) is 0 Å². The normalized spacial score (nSPS) is 15.4. The molecule has 2 aromatic rings. The van der Waals surface area contributed by atoms with Crippen molar-refractivity contribution < 1.29 is 28.8 Å². The number of carbonyl (C=O) groups is 3. The monoisotopic (exact) mass is 441 g/mol. The third kappa shape index (κ3) is 5.02. The summed E-state index contributed by atoms with van der Waals surface area (Å²) >= 11 is 0. The van der Waals surface area contributed by atoms with Gasteiger partial charge in [0.2, 0.25) is 5.91 Å². The van der Waals surface area contributed by atoms with Gasteiger partial charge in [-0.3, -0.25) is 24.5 Å². The number of methoxy groups -OCH3 is 1. The van der Waals surface area contributed by atoms with Crippen LogP contribution in [-0.4, -0.2) is 43.0 Å². The molecule has 0 aromatic heterocycles. The van der Waals surface area contributed by atoms with Crippen molar-refractivity contribution in [3.63, 3.8) is 0 Å². The number of esters is 1. The molecular weight excluding hydrogens is 418 g/mol. The lowest BCUT2D eigenvalue weighted by atomic mass is 10.1. The molecule has 2 aromatic carbocycles. The van der Waals surface area contributed by atoms with Crippen LogP contribution in [0.1, 0.15) is 18.9 Å². The van der Waals surface area contributed by atoms with Gasteiger partial charge in [0.25, 0.3) is 11.6 Å². The third-order valence-corrected chi connectivity index (χ3v) is 5.14. The first-order valence-electron chi connectivity index (χ1n) is 10.0. The van der Waals surface area contributed by atoms with Crippen LogP contribution in [-0.2, 0) is 25.5 Å². The average Bonchev–Trinajstić information content (AvgIpc) is 3.18. The van der Waals surface area contributed by atoms with E-state index in [0.29, 0.717) is 11.4 Å². The Labute approximate surface area is 184 Å². The van der Waals surface area contributed by atoms with Crippen molar-refractivity contribution in [2.75, 3.05) is 30.5 Å². The Morgan fingerprint density at radius 1 is 1.25 bits per heavy atom. The third-order valence-electron chi connectivity index (χ3n) is 5.14. The number of nitrogens with one attached hydrogen (secondary N) is 1. The van der Waals surface area contributed by atoms with Crippen LogP contribution >= 0.6 is 0 Å². The Morgan fingerprint density at radius 2 is 2.00 bits per heavy atom. The Balaban J connectivity index is 1.60. The van der Waals surface area contributed by atoms with Gasteiger partial charge in [0.15, 0.2) is 6.61 Å². The van der Waals surface area contributed by atoms with Crippen molar-refractivity contribution in [3.05, 3.63) is 58.1 Å². The molecule has 1 fully saturated rings. The number of para-hydroxylation sites is 1. The van der Waals surface area contributed by atoms with Crippen LogP contribution in [0.25, 0.3) is 0 Å². The van der Waals surface area contributed by atoms with Gasteiger partial charge in [-0.25, -0.2) is 0 Å². The first kappa shape index (κ1) is 22.7. The summed E-state index contributed by atoms with van der Waals surface area (Å²) in [6, 6.07) is 11.2. The number of ether oxygens (including phenoxy) is 2. The van der Waals surface area contributed by atoms with Crippen molar-refractivity contribution in [3.8, 4) is 5.75 Å². The van der Waals surface area contributed by atoms with E-state index in [0.717, 1.165) is 12.0 Å². The second-order valence-electron chi connectivity index (χ2n) is 7.19. The van der Waals surface area contributed by atoms with Gasteiger partial charge in [0, 0.05) is 24.7 Å². The topological polar surface area (TPSA) is 128 Å². The molecule has 10 nitrogen and oxygen atoms in total. The second kappa shape index (κ2) is 9.90. The summed E-state index contributed by atoms with van der Waals surface area (Å²) in [4.78, 5) is 48.8. The SMILES string of the molecule is CCc1ccccc1NC(=O)COC(=O)[C@H]1CC(=O)N(c2ccc([N+](=O)[O-])cc2OC)C1. The van der Waals surface area contributed by atoms with E-state index in [2.05, 4.69) is 5.32 Å². The number of nitro groups is 1. The molecule has 0 unspecified atom stereocenters. The maximum Gasteiger partial charge on any atom is 0.311 e. The highest BCUT2D eigenvalue weighted by Crippen LogP contribution is 2.36. The fraction of sp³-hybridized carbons (Fsp3) is 0.318. The summed E-state index contributed by atoms with van der Waals surface area (Å²) in [5, 5.41) is 13.7. The zero-order valence-corrected chi connectivity index (χ0v) is 17.7. The molecule has 1 atom stereocenters. The predicted octanol–water partition coefficient (Wildman–Crippen LogP) is 2.70. The molecule has 1 heterocycles. The van der Waals surface area contributed by atoms with Crippen LogP contribution in [0.3, 0.4) is 0 Å². The van der Waals surface area contributed by atoms with Gasteiger partial charge in [-0.1, -0.05) is 25.1 Å². The fourth-order valence-corrected chi connectivity index (χ4v) is 3.49. The minimum absolute atomic E-state index is 0.0200. The molecule has 0 saturated carbocycles. The Kier molecular flexibility index (Phi) is 7.04. The van der Waals surface area contributed by atoms with E-state index >= 15 is 0 Å². The molecule has 1 N–H and O–H groups in total. The van der Waals surface area contributed by atoms with Gasteiger partial charge in [0.05, 0.1) is 29.7 Å². The molecule has 1 saturated heterocycles. The number of amides is 2. The zero-order valence-electron chi connectivity index (χ0n) is 17.7. The number of anilines is 2. The summed E-state index contributed by atoms with van der Waals surface area (Å²) < 4.78 is 10.3. The van der Waals surface area contributed by atoms with Crippen molar-refractivity contribution in [1.82, 2.24) is 0 Å². The highest BCUT2D eigenvalue weighted by molar-refractivity contribution is 6.01. The van der Waals surface area contributed by atoms with E-state index in [-0.39, 0.29) is 30.3 Å². The van der Waals surface area contributed by atoms with E-state index in [1.54, 1.807) is 12.1 Å².